The lowest BCUT2D eigenvalue weighted by molar-refractivity contribution is 0.669. The summed E-state index contributed by atoms with van der Waals surface area (Å²) < 4.78 is 29.6. The van der Waals surface area contributed by atoms with Crippen LogP contribution in [0.1, 0.15) is 0 Å². The number of benzene rings is 21. The molecular formula is C126H79N7O2. The van der Waals surface area contributed by atoms with Crippen molar-refractivity contribution in [1.82, 2.24) is 32.0 Å². The largest absolute Gasteiger partial charge is 0.455 e. The summed E-state index contributed by atoms with van der Waals surface area (Å²) in [5, 5.41) is 22.1. The van der Waals surface area contributed by atoms with Crippen LogP contribution in [0.2, 0.25) is 0 Å². The maximum Gasteiger partial charge on any atom is 0.143 e. The van der Waals surface area contributed by atoms with Crippen molar-refractivity contribution >= 4 is 197 Å². The number of hydrogen-bond donors (Lipinski definition) is 0. The first-order chi connectivity index (χ1) is 67.0. The van der Waals surface area contributed by atoms with Gasteiger partial charge in [0.15, 0.2) is 0 Å². The van der Waals surface area contributed by atoms with Crippen LogP contribution in [0, 0.1) is 0 Å². The average Bonchev–Trinajstić information content (AvgIpc) is 1.63. The van der Waals surface area contributed by atoms with E-state index in [9.17, 15) is 0 Å². The minimum Gasteiger partial charge on any atom is -0.455 e. The zero-order valence-electron chi connectivity index (χ0n) is 73.1. The second-order valence-electron chi connectivity index (χ2n) is 35.3. The van der Waals surface area contributed by atoms with E-state index in [2.05, 4.69) is 487 Å². The van der Waals surface area contributed by atoms with Gasteiger partial charge < -0.3 is 40.8 Å². The number of furan rings is 2. The van der Waals surface area contributed by atoms with Crippen molar-refractivity contribution in [1.29, 1.82) is 0 Å². The number of aromatic nitrogens is 7. The normalized spacial score (nSPS) is 12.0. The smallest absolute Gasteiger partial charge is 0.143 e. The van der Waals surface area contributed by atoms with Gasteiger partial charge in [-0.15, -0.1) is 0 Å². The van der Waals surface area contributed by atoms with Crippen molar-refractivity contribution in [2.24, 2.45) is 0 Å². The average molecular weight is 1720 g/mol. The molecule has 0 radical (unpaired) electrons. The molecule has 9 nitrogen and oxygen atoms in total. The molecule has 0 bridgehead atoms. The minimum absolute atomic E-state index is 0.915. The fourth-order valence-corrected chi connectivity index (χ4v) is 22.2. The van der Waals surface area contributed by atoms with Crippen LogP contribution in [-0.2, 0) is 0 Å². The molecule has 0 saturated carbocycles. The first-order valence-corrected chi connectivity index (χ1v) is 46.2. The third kappa shape index (κ3) is 11.7. The SMILES string of the molecule is c1ccc(-n2c3ccccc3c3cc4c(cc32)c2cc(-c3cccc5c3oc3ccccc35)ccc2n4-c2ccccc2)cc1.c1ccc(-n2c3ccccc3c3cc4c(cc32)c2ccccc2n4-c2ccc(-c3cccc4c3oc3ccccc34)cc2)cc1.c1ccc(-n2c3ccccc3c3cc4c(cc32)c2ccccc2n4-c2ccc(-n3c4ccccc4c4ccccc43)cc2)cc1. The molecule has 9 heteroatoms. The van der Waals surface area contributed by atoms with Gasteiger partial charge in [0.2, 0.25) is 0 Å². The van der Waals surface area contributed by atoms with Gasteiger partial charge in [-0.05, 0) is 199 Å². The Labute approximate surface area is 773 Å². The summed E-state index contributed by atoms with van der Waals surface area (Å²) in [6, 6.07) is 172. The first-order valence-electron chi connectivity index (χ1n) is 46.2. The van der Waals surface area contributed by atoms with E-state index < -0.39 is 0 Å². The first kappa shape index (κ1) is 75.8. The molecule has 0 N–H and O–H groups in total. The van der Waals surface area contributed by atoms with Crippen molar-refractivity contribution in [2.45, 2.75) is 0 Å². The molecule has 0 atom stereocenters. The summed E-state index contributed by atoms with van der Waals surface area (Å²) >= 11 is 0. The highest BCUT2D eigenvalue weighted by Gasteiger charge is 2.26. The Morgan fingerprint density at radius 2 is 0.319 bits per heavy atom. The van der Waals surface area contributed by atoms with Gasteiger partial charge in [0.25, 0.3) is 0 Å². The van der Waals surface area contributed by atoms with Crippen molar-refractivity contribution in [2.75, 3.05) is 0 Å². The molecule has 0 aliphatic heterocycles. The van der Waals surface area contributed by atoms with Gasteiger partial charge in [0.05, 0.1) is 77.2 Å². The molecule has 135 heavy (non-hydrogen) atoms. The molecule has 9 aromatic heterocycles. The highest BCUT2D eigenvalue weighted by Crippen LogP contribution is 2.48. The fraction of sp³-hybridized carbons (Fsp3) is 0. The van der Waals surface area contributed by atoms with E-state index in [0.29, 0.717) is 0 Å². The molecule has 0 saturated heterocycles. The predicted octanol–water partition coefficient (Wildman–Crippen LogP) is 33.9. The Hall–Kier alpha value is -18.2. The Kier molecular flexibility index (Phi) is 17.0. The third-order valence-corrected chi connectivity index (χ3v) is 28.1. The molecule has 21 aromatic carbocycles. The van der Waals surface area contributed by atoms with Gasteiger partial charge in [-0.1, -0.05) is 291 Å². The van der Waals surface area contributed by atoms with Crippen LogP contribution in [-0.4, -0.2) is 32.0 Å². The molecule has 0 fully saturated rings. The van der Waals surface area contributed by atoms with Gasteiger partial charge in [0, 0.05) is 148 Å². The molecular weight excluding hydrogens is 1640 g/mol. The number of nitrogens with zero attached hydrogens (tertiary/aromatic N) is 7. The highest BCUT2D eigenvalue weighted by molar-refractivity contribution is 6.24. The van der Waals surface area contributed by atoms with E-state index in [0.717, 1.165) is 94.6 Å². The van der Waals surface area contributed by atoms with Gasteiger partial charge >= 0.3 is 0 Å². The number of fused-ring (bicyclic) bond motifs is 27. The topological polar surface area (TPSA) is 60.8 Å². The summed E-state index contributed by atoms with van der Waals surface area (Å²) in [7, 11) is 0. The van der Waals surface area contributed by atoms with Crippen molar-refractivity contribution in [3.8, 4) is 62.1 Å². The lowest BCUT2D eigenvalue weighted by Crippen LogP contribution is -1.97. The molecule has 30 aromatic rings. The summed E-state index contributed by atoms with van der Waals surface area (Å²) in [6.07, 6.45) is 0. The third-order valence-electron chi connectivity index (χ3n) is 28.1. The van der Waals surface area contributed by atoms with E-state index in [4.69, 9.17) is 8.83 Å². The standard InChI is InChI=1S/C42H27N3.2C42H26N2O/c1-2-12-28(13-3-1)44-39-20-10-6-16-33(39)35-27-42-36(26-41(35)44)34-17-7-11-21-40(34)45(42)30-24-22-29(23-25-30)43-37-18-8-4-14-31(37)32-15-5-9-19-38(32)43;1-3-12-28(13-4-1)43-37-20-9-7-16-31(37)35-25-40-36(26-39(35)43)34-24-27(22-23-38(34)44(40)29-14-5-2-6-15-29)30-18-11-19-33-32-17-8-10-21-41(32)45-42(30)33;1-2-11-28(12-3-1)43-37-18-7-4-13-31(37)35-26-40-36(25-39(35)43)32-14-5-8-19-38(32)44(40)29-23-21-27(22-24-29)30-16-10-17-34-33-15-6-9-20-41(33)45-42(30)34/h1-27H;2*1-26H. The number of para-hydroxylation sites is 15. The van der Waals surface area contributed by atoms with E-state index in [-0.39, 0.29) is 0 Å². The van der Waals surface area contributed by atoms with Gasteiger partial charge in [0.1, 0.15) is 22.3 Å². The molecule has 630 valence electrons. The number of rotatable bonds is 9. The molecule has 0 aliphatic carbocycles. The fourth-order valence-electron chi connectivity index (χ4n) is 22.2. The van der Waals surface area contributed by atoms with Crippen LogP contribution >= 0.6 is 0 Å². The highest BCUT2D eigenvalue weighted by atomic mass is 16.3. The maximum atomic E-state index is 6.46. The Bertz CT molecular complexity index is 9990. The second kappa shape index (κ2) is 30.2. The lowest BCUT2D eigenvalue weighted by atomic mass is 10.00. The monoisotopic (exact) mass is 1720 g/mol. The Morgan fingerprint density at radius 1 is 0.119 bits per heavy atom. The van der Waals surface area contributed by atoms with E-state index >= 15 is 0 Å². The molecule has 9 heterocycles. The molecule has 0 aliphatic rings. The molecule has 0 unspecified atom stereocenters. The lowest BCUT2D eigenvalue weighted by Gasteiger charge is -2.12. The van der Waals surface area contributed by atoms with Crippen molar-refractivity contribution < 1.29 is 8.83 Å². The zero-order chi connectivity index (χ0) is 88.5. The Morgan fingerprint density at radius 3 is 0.622 bits per heavy atom. The quantitative estimate of drug-likeness (QED) is 0.145. The van der Waals surface area contributed by atoms with E-state index in [1.807, 2.05) is 24.3 Å². The second-order valence-corrected chi connectivity index (χ2v) is 35.3. The van der Waals surface area contributed by atoms with Crippen LogP contribution in [0.5, 0.6) is 0 Å². The predicted molar refractivity (Wildman–Crippen MR) is 565 cm³/mol. The minimum atomic E-state index is 0.915. The molecule has 0 amide bonds. The van der Waals surface area contributed by atoms with E-state index in [1.54, 1.807) is 0 Å². The van der Waals surface area contributed by atoms with Crippen LogP contribution < -0.4 is 0 Å². The molecule has 30 rings (SSSR count). The maximum absolute atomic E-state index is 6.46. The van der Waals surface area contributed by atoms with Crippen molar-refractivity contribution in [3.63, 3.8) is 0 Å². The van der Waals surface area contributed by atoms with Gasteiger partial charge in [-0.25, -0.2) is 0 Å². The summed E-state index contributed by atoms with van der Waals surface area (Å²) in [5.41, 5.74) is 33.2. The van der Waals surface area contributed by atoms with Gasteiger partial charge in [-0.2, -0.15) is 0 Å². The van der Waals surface area contributed by atoms with Crippen LogP contribution in [0.25, 0.3) is 259 Å². The van der Waals surface area contributed by atoms with Crippen LogP contribution in [0.4, 0.5) is 0 Å². The van der Waals surface area contributed by atoms with E-state index in [1.165, 1.54) is 164 Å². The van der Waals surface area contributed by atoms with Crippen molar-refractivity contribution in [3.05, 3.63) is 479 Å². The van der Waals surface area contributed by atoms with Crippen LogP contribution in [0.15, 0.2) is 488 Å². The number of hydrogen-bond acceptors (Lipinski definition) is 2. The molecule has 0 spiro atoms. The van der Waals surface area contributed by atoms with Crippen LogP contribution in [0.3, 0.4) is 0 Å². The zero-order valence-corrected chi connectivity index (χ0v) is 73.1. The van der Waals surface area contributed by atoms with Gasteiger partial charge in [-0.3, -0.25) is 0 Å². The summed E-state index contributed by atoms with van der Waals surface area (Å²) in [4.78, 5) is 0. The summed E-state index contributed by atoms with van der Waals surface area (Å²) in [6.45, 7) is 0. The Balaban J connectivity index is 0.000000101. The summed E-state index contributed by atoms with van der Waals surface area (Å²) in [5.74, 6) is 0.